The highest BCUT2D eigenvalue weighted by Crippen LogP contribution is 2.16. The lowest BCUT2D eigenvalue weighted by Crippen LogP contribution is -2.14. The van der Waals surface area contributed by atoms with Gasteiger partial charge in [0.15, 0.2) is 0 Å². The molecular formula is C23H38O3. The van der Waals surface area contributed by atoms with Gasteiger partial charge >= 0.3 is 0 Å². The Morgan fingerprint density at radius 2 is 1.62 bits per heavy atom. The molecule has 0 spiro atoms. The summed E-state index contributed by atoms with van der Waals surface area (Å²) in [7, 11) is 1.66. The second kappa shape index (κ2) is 14.8. The highest BCUT2D eigenvalue weighted by Gasteiger charge is 2.10. The number of aliphatic hydroxyl groups excluding tert-OH is 1. The summed E-state index contributed by atoms with van der Waals surface area (Å²) in [5.41, 5.74) is 1.11. The third-order valence-corrected chi connectivity index (χ3v) is 4.81. The Kier molecular flexibility index (Phi) is 12.9. The molecule has 0 radical (unpaired) electrons. The van der Waals surface area contributed by atoms with E-state index in [2.05, 4.69) is 13.5 Å². The van der Waals surface area contributed by atoms with Gasteiger partial charge in [-0.15, -0.1) is 6.58 Å². The molecule has 1 aromatic carbocycles. The zero-order valence-corrected chi connectivity index (χ0v) is 16.8. The number of methoxy groups -OCH3 is 1. The number of benzene rings is 1. The van der Waals surface area contributed by atoms with Crippen molar-refractivity contribution in [1.29, 1.82) is 0 Å². The molecule has 1 aromatic rings. The van der Waals surface area contributed by atoms with Crippen LogP contribution in [0, 0.1) is 0 Å². The molecule has 0 saturated carbocycles. The van der Waals surface area contributed by atoms with Crippen molar-refractivity contribution in [2.75, 3.05) is 7.11 Å². The molecule has 0 aliphatic rings. The minimum atomic E-state index is -0.224. The van der Waals surface area contributed by atoms with Crippen LogP contribution in [0.4, 0.5) is 0 Å². The minimum absolute atomic E-state index is 0.0132. The number of rotatable bonds is 16. The molecule has 0 fully saturated rings. The van der Waals surface area contributed by atoms with Crippen molar-refractivity contribution in [3.63, 3.8) is 0 Å². The molecular weight excluding hydrogens is 324 g/mol. The Balaban J connectivity index is 2.13. The third-order valence-electron chi connectivity index (χ3n) is 4.81. The van der Waals surface area contributed by atoms with Crippen molar-refractivity contribution >= 4 is 0 Å². The maximum Gasteiger partial charge on any atom is 0.118 e. The van der Waals surface area contributed by atoms with Crippen LogP contribution >= 0.6 is 0 Å². The summed E-state index contributed by atoms with van der Waals surface area (Å²) in [4.78, 5) is 0. The molecule has 0 aliphatic carbocycles. The number of hydrogen-bond donors (Lipinski definition) is 1. The first-order valence-electron chi connectivity index (χ1n) is 10.2. The van der Waals surface area contributed by atoms with Crippen molar-refractivity contribution < 1.29 is 14.6 Å². The van der Waals surface area contributed by atoms with Crippen LogP contribution < -0.4 is 4.74 Å². The van der Waals surface area contributed by atoms with Crippen LogP contribution in [0.2, 0.25) is 0 Å². The second-order valence-corrected chi connectivity index (χ2v) is 7.07. The van der Waals surface area contributed by atoms with Crippen LogP contribution in [0.5, 0.6) is 5.75 Å². The van der Waals surface area contributed by atoms with Gasteiger partial charge in [0.2, 0.25) is 0 Å². The van der Waals surface area contributed by atoms with Crippen LogP contribution in [0.15, 0.2) is 36.9 Å². The quantitative estimate of drug-likeness (QED) is 0.287. The normalized spacial score (nSPS) is 13.3. The van der Waals surface area contributed by atoms with Crippen LogP contribution in [-0.4, -0.2) is 24.4 Å². The maximum absolute atomic E-state index is 10.2. The van der Waals surface area contributed by atoms with Crippen LogP contribution in [0.1, 0.15) is 76.7 Å². The number of hydrogen-bond acceptors (Lipinski definition) is 3. The molecule has 0 unspecified atom stereocenters. The monoisotopic (exact) mass is 362 g/mol. The summed E-state index contributed by atoms with van der Waals surface area (Å²) < 4.78 is 11.1. The molecule has 2 atom stereocenters. The fraction of sp³-hybridized carbons (Fsp3) is 0.652. The van der Waals surface area contributed by atoms with Crippen LogP contribution in [0.25, 0.3) is 0 Å². The van der Waals surface area contributed by atoms with E-state index < -0.39 is 0 Å². The highest BCUT2D eigenvalue weighted by molar-refractivity contribution is 5.26. The van der Waals surface area contributed by atoms with Crippen LogP contribution in [0.3, 0.4) is 0 Å². The summed E-state index contributed by atoms with van der Waals surface area (Å²) >= 11 is 0. The second-order valence-electron chi connectivity index (χ2n) is 7.07. The van der Waals surface area contributed by atoms with Crippen molar-refractivity contribution in [1.82, 2.24) is 0 Å². The SMILES string of the molecule is C=C[C@@H](CC[C@H](O)CCCCCCCCC)OCc1ccc(OC)cc1. The van der Waals surface area contributed by atoms with Gasteiger partial charge in [-0.1, -0.05) is 70.1 Å². The van der Waals surface area contributed by atoms with E-state index in [1.165, 1.54) is 38.5 Å². The molecule has 0 aromatic heterocycles. The van der Waals surface area contributed by atoms with E-state index in [1.807, 2.05) is 30.3 Å². The van der Waals surface area contributed by atoms with Crippen molar-refractivity contribution in [3.05, 3.63) is 42.5 Å². The summed E-state index contributed by atoms with van der Waals surface area (Å²) in [5, 5.41) is 10.2. The van der Waals surface area contributed by atoms with E-state index in [1.54, 1.807) is 7.11 Å². The molecule has 3 nitrogen and oxygen atoms in total. The Morgan fingerprint density at radius 1 is 0.962 bits per heavy atom. The first-order valence-corrected chi connectivity index (χ1v) is 10.2. The Bertz CT molecular complexity index is 455. The Morgan fingerprint density at radius 3 is 2.23 bits per heavy atom. The van der Waals surface area contributed by atoms with Crippen LogP contribution in [-0.2, 0) is 11.3 Å². The van der Waals surface area contributed by atoms with Gasteiger partial charge in [0.1, 0.15) is 5.75 Å². The Labute approximate surface area is 160 Å². The summed E-state index contributed by atoms with van der Waals surface area (Å²) in [6, 6.07) is 7.89. The van der Waals surface area contributed by atoms with Gasteiger partial charge in [-0.05, 0) is 37.0 Å². The standard InChI is InChI=1S/C23H38O3/c1-4-6-7-8-9-10-11-12-21(24)15-18-22(5-2)26-19-20-13-16-23(25-3)17-14-20/h5,13-14,16-17,21-22,24H,2,4,6-12,15,18-19H2,1,3H3/t21-,22+/m1/s1. The zero-order chi connectivity index (χ0) is 19.0. The van der Waals surface area contributed by atoms with E-state index in [-0.39, 0.29) is 12.2 Å². The van der Waals surface area contributed by atoms with Gasteiger partial charge < -0.3 is 14.6 Å². The van der Waals surface area contributed by atoms with E-state index in [0.29, 0.717) is 6.61 Å². The van der Waals surface area contributed by atoms with Crippen molar-refractivity contribution in [2.24, 2.45) is 0 Å². The Hall–Kier alpha value is -1.32. The van der Waals surface area contributed by atoms with Gasteiger partial charge in [-0.25, -0.2) is 0 Å². The topological polar surface area (TPSA) is 38.7 Å². The zero-order valence-electron chi connectivity index (χ0n) is 16.8. The first kappa shape index (κ1) is 22.7. The third kappa shape index (κ3) is 10.6. The summed E-state index contributed by atoms with van der Waals surface area (Å²) in [5.74, 6) is 0.850. The molecule has 0 heterocycles. The van der Waals surface area contributed by atoms with Gasteiger partial charge in [-0.2, -0.15) is 0 Å². The molecule has 3 heteroatoms. The van der Waals surface area contributed by atoms with E-state index in [4.69, 9.17) is 9.47 Å². The highest BCUT2D eigenvalue weighted by atomic mass is 16.5. The van der Waals surface area contributed by atoms with Crippen molar-refractivity contribution in [3.8, 4) is 5.75 Å². The molecule has 1 rings (SSSR count). The maximum atomic E-state index is 10.2. The lowest BCUT2D eigenvalue weighted by atomic mass is 10.0. The fourth-order valence-electron chi connectivity index (χ4n) is 3.03. The molecule has 1 N–H and O–H groups in total. The summed E-state index contributed by atoms with van der Waals surface area (Å²) in [6.45, 7) is 6.66. The lowest BCUT2D eigenvalue weighted by molar-refractivity contribution is 0.0512. The average molecular weight is 363 g/mol. The van der Waals surface area contributed by atoms with E-state index in [0.717, 1.165) is 37.0 Å². The fourth-order valence-corrected chi connectivity index (χ4v) is 3.03. The average Bonchev–Trinajstić information content (AvgIpc) is 2.67. The number of aliphatic hydroxyl groups is 1. The molecule has 0 aliphatic heterocycles. The van der Waals surface area contributed by atoms with E-state index in [9.17, 15) is 5.11 Å². The molecule has 0 bridgehead atoms. The molecule has 26 heavy (non-hydrogen) atoms. The minimum Gasteiger partial charge on any atom is -0.497 e. The largest absolute Gasteiger partial charge is 0.497 e. The van der Waals surface area contributed by atoms with Gasteiger partial charge in [0, 0.05) is 0 Å². The number of unbranched alkanes of at least 4 members (excludes halogenated alkanes) is 6. The number of ether oxygens (including phenoxy) is 2. The smallest absolute Gasteiger partial charge is 0.118 e. The van der Waals surface area contributed by atoms with Gasteiger partial charge in [0.25, 0.3) is 0 Å². The molecule has 0 saturated heterocycles. The molecule has 148 valence electrons. The van der Waals surface area contributed by atoms with Gasteiger partial charge in [-0.3, -0.25) is 0 Å². The van der Waals surface area contributed by atoms with E-state index >= 15 is 0 Å². The lowest BCUT2D eigenvalue weighted by Gasteiger charge is -2.17. The summed E-state index contributed by atoms with van der Waals surface area (Å²) in [6.07, 6.45) is 13.1. The predicted octanol–water partition coefficient (Wildman–Crippen LogP) is 6.05. The molecule has 0 amide bonds. The van der Waals surface area contributed by atoms with Crippen molar-refractivity contribution in [2.45, 2.75) is 89.9 Å². The first-order chi connectivity index (χ1) is 12.7. The van der Waals surface area contributed by atoms with Gasteiger partial charge in [0.05, 0.1) is 25.9 Å². The predicted molar refractivity (Wildman–Crippen MR) is 110 cm³/mol.